The standard InChI is InChI=1S/C14H23NO2S/c1-5-10-6-7-12(18-10)11(15)8-14(2,3)9-13(16)17-4/h6-7,11H,5,8-9,15H2,1-4H3. The minimum Gasteiger partial charge on any atom is -0.469 e. The molecule has 3 nitrogen and oxygen atoms in total. The molecule has 1 unspecified atom stereocenters. The van der Waals surface area contributed by atoms with Crippen LogP contribution in [0.25, 0.3) is 0 Å². The molecule has 1 aromatic rings. The molecule has 0 aliphatic heterocycles. The van der Waals surface area contributed by atoms with Crippen LogP contribution in [-0.2, 0) is 16.0 Å². The van der Waals surface area contributed by atoms with Crippen LogP contribution in [0, 0.1) is 5.41 Å². The Morgan fingerprint density at radius 3 is 2.67 bits per heavy atom. The molecule has 2 N–H and O–H groups in total. The molecule has 0 amide bonds. The molecule has 0 saturated heterocycles. The molecule has 0 aromatic carbocycles. The van der Waals surface area contributed by atoms with Crippen LogP contribution in [0.2, 0.25) is 0 Å². The number of ether oxygens (including phenoxy) is 1. The van der Waals surface area contributed by atoms with Gasteiger partial charge in [0.05, 0.1) is 13.5 Å². The fraction of sp³-hybridized carbons (Fsp3) is 0.643. The lowest BCUT2D eigenvalue weighted by Gasteiger charge is -2.26. The number of hydrogen-bond acceptors (Lipinski definition) is 4. The summed E-state index contributed by atoms with van der Waals surface area (Å²) in [6.45, 7) is 6.25. The van der Waals surface area contributed by atoms with Gasteiger partial charge in [-0.25, -0.2) is 0 Å². The van der Waals surface area contributed by atoms with Crippen molar-refractivity contribution in [1.82, 2.24) is 0 Å². The summed E-state index contributed by atoms with van der Waals surface area (Å²) in [4.78, 5) is 13.9. The van der Waals surface area contributed by atoms with Gasteiger partial charge in [0.25, 0.3) is 0 Å². The highest BCUT2D eigenvalue weighted by atomic mass is 32.1. The van der Waals surface area contributed by atoms with E-state index < -0.39 is 0 Å². The number of thiophene rings is 1. The van der Waals surface area contributed by atoms with E-state index in [0.717, 1.165) is 12.8 Å². The van der Waals surface area contributed by atoms with Gasteiger partial charge in [-0.3, -0.25) is 4.79 Å². The average molecular weight is 269 g/mol. The maximum absolute atomic E-state index is 11.3. The Bertz CT molecular complexity index is 398. The quantitative estimate of drug-likeness (QED) is 0.806. The first-order valence-electron chi connectivity index (χ1n) is 6.29. The fourth-order valence-corrected chi connectivity index (χ4v) is 2.97. The van der Waals surface area contributed by atoms with E-state index in [1.165, 1.54) is 16.9 Å². The average Bonchev–Trinajstić information content (AvgIpc) is 2.76. The Morgan fingerprint density at radius 1 is 1.50 bits per heavy atom. The number of rotatable bonds is 6. The summed E-state index contributed by atoms with van der Waals surface area (Å²) in [5.74, 6) is -0.173. The van der Waals surface area contributed by atoms with Crippen LogP contribution in [0.15, 0.2) is 12.1 Å². The molecule has 1 atom stereocenters. The normalized spacial score (nSPS) is 13.4. The van der Waals surface area contributed by atoms with E-state index >= 15 is 0 Å². The second-order valence-electron chi connectivity index (χ2n) is 5.39. The number of nitrogens with two attached hydrogens (primary N) is 1. The van der Waals surface area contributed by atoms with Gasteiger partial charge < -0.3 is 10.5 Å². The summed E-state index contributed by atoms with van der Waals surface area (Å²) in [7, 11) is 1.42. The fourth-order valence-electron chi connectivity index (χ4n) is 2.01. The first-order valence-corrected chi connectivity index (χ1v) is 7.10. The molecule has 0 radical (unpaired) electrons. The van der Waals surface area contributed by atoms with E-state index in [9.17, 15) is 4.79 Å². The zero-order valence-electron chi connectivity index (χ0n) is 11.7. The van der Waals surface area contributed by atoms with Gasteiger partial charge in [0, 0.05) is 15.8 Å². The van der Waals surface area contributed by atoms with Gasteiger partial charge in [0.15, 0.2) is 0 Å². The maximum atomic E-state index is 11.3. The third kappa shape index (κ3) is 4.42. The van der Waals surface area contributed by atoms with Crippen LogP contribution in [0.1, 0.15) is 49.4 Å². The molecule has 1 aromatic heterocycles. The van der Waals surface area contributed by atoms with E-state index in [4.69, 9.17) is 10.5 Å². The molecule has 0 bridgehead atoms. The lowest BCUT2D eigenvalue weighted by atomic mass is 9.82. The third-order valence-corrected chi connectivity index (χ3v) is 4.38. The molecule has 1 heterocycles. The van der Waals surface area contributed by atoms with Crippen LogP contribution in [0.4, 0.5) is 0 Å². The Labute approximate surface area is 113 Å². The van der Waals surface area contributed by atoms with Gasteiger partial charge in [-0.15, -0.1) is 11.3 Å². The number of carbonyl (C=O) groups excluding carboxylic acids is 1. The number of aryl methyl sites for hydroxylation is 1. The van der Waals surface area contributed by atoms with Crippen molar-refractivity contribution in [2.45, 2.75) is 46.1 Å². The Kier molecular flexibility index (Phi) is 5.35. The maximum Gasteiger partial charge on any atom is 0.306 e. The molecule has 0 fully saturated rings. The molecule has 18 heavy (non-hydrogen) atoms. The number of hydrogen-bond donors (Lipinski definition) is 1. The van der Waals surface area contributed by atoms with Crippen molar-refractivity contribution in [1.29, 1.82) is 0 Å². The number of carbonyl (C=O) groups is 1. The van der Waals surface area contributed by atoms with Crippen molar-refractivity contribution in [3.8, 4) is 0 Å². The van der Waals surface area contributed by atoms with Gasteiger partial charge in [0.1, 0.15) is 0 Å². The van der Waals surface area contributed by atoms with Crippen molar-refractivity contribution in [2.24, 2.45) is 11.1 Å². The van der Waals surface area contributed by atoms with Crippen LogP contribution >= 0.6 is 11.3 Å². The predicted molar refractivity (Wildman–Crippen MR) is 75.7 cm³/mol. The summed E-state index contributed by atoms with van der Waals surface area (Å²) >= 11 is 1.77. The van der Waals surface area contributed by atoms with Crippen molar-refractivity contribution in [3.05, 3.63) is 21.9 Å². The summed E-state index contributed by atoms with van der Waals surface area (Å²) < 4.78 is 4.72. The summed E-state index contributed by atoms with van der Waals surface area (Å²) in [6, 6.07) is 4.23. The van der Waals surface area contributed by atoms with E-state index in [1.807, 2.05) is 0 Å². The second kappa shape index (κ2) is 6.34. The Balaban J connectivity index is 2.62. The summed E-state index contributed by atoms with van der Waals surface area (Å²) in [6.07, 6.45) is 2.23. The Hall–Kier alpha value is -0.870. The molecular weight excluding hydrogens is 246 g/mol. The van der Waals surface area contributed by atoms with Crippen molar-refractivity contribution in [3.63, 3.8) is 0 Å². The summed E-state index contributed by atoms with van der Waals surface area (Å²) in [5, 5.41) is 0. The monoisotopic (exact) mass is 269 g/mol. The predicted octanol–water partition coefficient (Wildman–Crippen LogP) is 3.29. The first kappa shape index (κ1) is 15.2. The summed E-state index contributed by atoms with van der Waals surface area (Å²) in [5.41, 5.74) is 6.09. The zero-order valence-corrected chi connectivity index (χ0v) is 12.5. The second-order valence-corrected chi connectivity index (χ2v) is 6.59. The highest BCUT2D eigenvalue weighted by molar-refractivity contribution is 7.12. The molecule has 1 rings (SSSR count). The number of esters is 1. The molecule has 0 spiro atoms. The molecule has 102 valence electrons. The van der Waals surface area contributed by atoms with Crippen LogP contribution in [0.5, 0.6) is 0 Å². The zero-order chi connectivity index (χ0) is 13.8. The third-order valence-electron chi connectivity index (χ3n) is 3.02. The van der Waals surface area contributed by atoms with Crippen molar-refractivity contribution < 1.29 is 9.53 Å². The van der Waals surface area contributed by atoms with Gasteiger partial charge in [-0.1, -0.05) is 20.8 Å². The Morgan fingerprint density at radius 2 is 2.17 bits per heavy atom. The van der Waals surface area contributed by atoms with Crippen molar-refractivity contribution in [2.75, 3.05) is 7.11 Å². The minimum atomic E-state index is -0.173. The van der Waals surface area contributed by atoms with E-state index in [-0.39, 0.29) is 17.4 Å². The van der Waals surface area contributed by atoms with Gasteiger partial charge >= 0.3 is 5.97 Å². The molecular formula is C14H23NO2S. The highest BCUT2D eigenvalue weighted by Crippen LogP contribution is 2.34. The van der Waals surface area contributed by atoms with Gasteiger partial charge in [0.2, 0.25) is 0 Å². The van der Waals surface area contributed by atoms with E-state index in [2.05, 4.69) is 32.9 Å². The first-order chi connectivity index (χ1) is 8.38. The topological polar surface area (TPSA) is 52.3 Å². The highest BCUT2D eigenvalue weighted by Gasteiger charge is 2.26. The molecule has 4 heteroatoms. The minimum absolute atomic E-state index is 0.00467. The lowest BCUT2D eigenvalue weighted by molar-refractivity contribution is -0.143. The van der Waals surface area contributed by atoms with Crippen LogP contribution in [-0.4, -0.2) is 13.1 Å². The van der Waals surface area contributed by atoms with Crippen LogP contribution in [0.3, 0.4) is 0 Å². The largest absolute Gasteiger partial charge is 0.469 e. The van der Waals surface area contributed by atoms with Gasteiger partial charge in [-0.2, -0.15) is 0 Å². The van der Waals surface area contributed by atoms with E-state index in [0.29, 0.717) is 6.42 Å². The molecule has 0 aliphatic carbocycles. The SMILES string of the molecule is CCc1ccc(C(N)CC(C)(C)CC(=O)OC)s1. The smallest absolute Gasteiger partial charge is 0.306 e. The number of methoxy groups -OCH3 is 1. The lowest BCUT2D eigenvalue weighted by Crippen LogP contribution is -2.24. The molecule has 0 aliphatic rings. The van der Waals surface area contributed by atoms with E-state index in [1.54, 1.807) is 11.3 Å². The van der Waals surface area contributed by atoms with Gasteiger partial charge in [-0.05, 0) is 30.4 Å². The van der Waals surface area contributed by atoms with Crippen LogP contribution < -0.4 is 5.73 Å². The molecule has 0 saturated carbocycles. The van der Waals surface area contributed by atoms with Crippen molar-refractivity contribution >= 4 is 17.3 Å².